The summed E-state index contributed by atoms with van der Waals surface area (Å²) < 4.78 is 25.4. The minimum atomic E-state index is -0.256. The minimum absolute atomic E-state index is 0.256. The summed E-state index contributed by atoms with van der Waals surface area (Å²) in [6.45, 7) is 7.74. The zero-order valence-electron chi connectivity index (χ0n) is 20.9. The van der Waals surface area contributed by atoms with Crippen molar-refractivity contribution in [1.29, 1.82) is 0 Å². The summed E-state index contributed by atoms with van der Waals surface area (Å²) in [5, 5.41) is 5.02. The average Bonchev–Trinajstić information content (AvgIpc) is 3.14. The van der Waals surface area contributed by atoms with E-state index in [-0.39, 0.29) is 5.82 Å². The second-order valence-electron chi connectivity index (χ2n) is 10.7. The van der Waals surface area contributed by atoms with E-state index in [1.165, 1.54) is 50.9 Å². The Hall–Kier alpha value is -2.71. The molecule has 8 heteroatoms. The molecule has 0 N–H and O–H groups in total. The van der Waals surface area contributed by atoms with Crippen LogP contribution in [-0.4, -0.2) is 71.9 Å². The standard InChI is InChI=1S/C28H36FN5O2/c29-22-9-11-26-25(16-22)28(31-36-26)34-15-14-33-17-21(8-10-24(33)19-34)20-35-27-7-5-6-23(30-27)18-32-12-3-1-2-4-13-32/h5-7,9,11,16,21,24H,1-4,8,10,12-15,17-20H2/t21?,24-/m0/s1. The molecule has 3 aliphatic rings. The van der Waals surface area contributed by atoms with Crippen LogP contribution in [0.25, 0.3) is 11.0 Å². The van der Waals surface area contributed by atoms with E-state index in [0.29, 0.717) is 24.1 Å². The van der Waals surface area contributed by atoms with Crippen molar-refractivity contribution < 1.29 is 13.7 Å². The van der Waals surface area contributed by atoms with Gasteiger partial charge in [0.2, 0.25) is 5.88 Å². The first kappa shape index (κ1) is 23.7. The summed E-state index contributed by atoms with van der Waals surface area (Å²) in [5.41, 5.74) is 1.74. The highest BCUT2D eigenvalue weighted by molar-refractivity contribution is 5.88. The fourth-order valence-corrected chi connectivity index (χ4v) is 6.07. The lowest BCUT2D eigenvalue weighted by molar-refractivity contribution is 0.0716. The van der Waals surface area contributed by atoms with Crippen LogP contribution in [0.5, 0.6) is 5.88 Å². The maximum Gasteiger partial charge on any atom is 0.213 e. The van der Waals surface area contributed by atoms with Crippen LogP contribution in [0.3, 0.4) is 0 Å². The van der Waals surface area contributed by atoms with Crippen molar-refractivity contribution in [2.45, 2.75) is 51.1 Å². The van der Waals surface area contributed by atoms with Gasteiger partial charge in [0.05, 0.1) is 17.7 Å². The van der Waals surface area contributed by atoms with Crippen molar-refractivity contribution in [3.63, 3.8) is 0 Å². The van der Waals surface area contributed by atoms with Crippen LogP contribution in [-0.2, 0) is 6.54 Å². The summed E-state index contributed by atoms with van der Waals surface area (Å²) >= 11 is 0. The molecule has 2 aromatic heterocycles. The summed E-state index contributed by atoms with van der Waals surface area (Å²) in [5.74, 6) is 1.76. The average molecular weight is 494 g/mol. The third-order valence-electron chi connectivity index (χ3n) is 8.05. The number of anilines is 1. The number of piperidine rings is 1. The van der Waals surface area contributed by atoms with Crippen molar-refractivity contribution in [3.8, 4) is 5.88 Å². The molecular weight excluding hydrogens is 457 g/mol. The van der Waals surface area contributed by atoms with Gasteiger partial charge in [-0.2, -0.15) is 0 Å². The summed E-state index contributed by atoms with van der Waals surface area (Å²) in [6, 6.07) is 11.3. The summed E-state index contributed by atoms with van der Waals surface area (Å²) in [4.78, 5) is 12.2. The molecular formula is C28H36FN5O2. The third-order valence-corrected chi connectivity index (χ3v) is 8.05. The summed E-state index contributed by atoms with van der Waals surface area (Å²) in [7, 11) is 0. The van der Waals surface area contributed by atoms with Gasteiger partial charge >= 0.3 is 0 Å². The molecule has 0 bridgehead atoms. The molecule has 5 heterocycles. The maximum atomic E-state index is 13.8. The van der Waals surface area contributed by atoms with E-state index in [1.807, 2.05) is 6.07 Å². The Morgan fingerprint density at radius 3 is 2.75 bits per heavy atom. The van der Waals surface area contributed by atoms with E-state index in [0.717, 1.165) is 68.3 Å². The number of ether oxygens (including phenoxy) is 1. The van der Waals surface area contributed by atoms with Crippen molar-refractivity contribution in [3.05, 3.63) is 47.9 Å². The summed E-state index contributed by atoms with van der Waals surface area (Å²) in [6.07, 6.45) is 7.54. The monoisotopic (exact) mass is 493 g/mol. The normalized spacial score (nSPS) is 24.0. The van der Waals surface area contributed by atoms with Gasteiger partial charge in [-0.1, -0.05) is 24.1 Å². The minimum Gasteiger partial charge on any atom is -0.477 e. The molecule has 0 aliphatic carbocycles. The Morgan fingerprint density at radius 1 is 0.972 bits per heavy atom. The number of likely N-dealkylation sites (tertiary alicyclic amines) is 1. The predicted octanol–water partition coefficient (Wildman–Crippen LogP) is 4.72. The molecule has 3 saturated heterocycles. The molecule has 192 valence electrons. The lowest BCUT2D eigenvalue weighted by Gasteiger charge is -2.46. The van der Waals surface area contributed by atoms with Crippen molar-refractivity contribution in [1.82, 2.24) is 19.9 Å². The molecule has 3 fully saturated rings. The number of fused-ring (bicyclic) bond motifs is 2. The lowest BCUT2D eigenvalue weighted by atomic mass is 9.91. The molecule has 1 unspecified atom stereocenters. The van der Waals surface area contributed by atoms with Crippen molar-refractivity contribution in [2.24, 2.45) is 5.92 Å². The number of hydrogen-bond acceptors (Lipinski definition) is 7. The van der Waals surface area contributed by atoms with Crippen LogP contribution in [0, 0.1) is 11.7 Å². The fourth-order valence-electron chi connectivity index (χ4n) is 6.07. The quantitative estimate of drug-likeness (QED) is 0.493. The number of rotatable bonds is 6. The van der Waals surface area contributed by atoms with Gasteiger partial charge in [0.15, 0.2) is 11.4 Å². The second kappa shape index (κ2) is 10.7. The molecule has 0 saturated carbocycles. The van der Waals surface area contributed by atoms with Gasteiger partial charge in [-0.3, -0.25) is 9.80 Å². The first-order valence-electron chi connectivity index (χ1n) is 13.6. The molecule has 2 atom stereocenters. The van der Waals surface area contributed by atoms with E-state index in [1.54, 1.807) is 6.07 Å². The third kappa shape index (κ3) is 5.34. The van der Waals surface area contributed by atoms with E-state index in [4.69, 9.17) is 14.2 Å². The first-order chi connectivity index (χ1) is 17.7. The number of nitrogens with zero attached hydrogens (tertiary/aromatic N) is 5. The molecule has 3 aliphatic heterocycles. The van der Waals surface area contributed by atoms with Crippen LogP contribution in [0.4, 0.5) is 10.2 Å². The largest absolute Gasteiger partial charge is 0.477 e. The van der Waals surface area contributed by atoms with Crippen LogP contribution in [0.1, 0.15) is 44.2 Å². The highest BCUT2D eigenvalue weighted by Gasteiger charge is 2.34. The van der Waals surface area contributed by atoms with Gasteiger partial charge in [0.25, 0.3) is 0 Å². The van der Waals surface area contributed by atoms with Gasteiger partial charge in [-0.05, 0) is 63.0 Å². The molecule has 7 nitrogen and oxygen atoms in total. The highest BCUT2D eigenvalue weighted by Crippen LogP contribution is 2.32. The Balaban J connectivity index is 1.01. The number of hydrogen-bond donors (Lipinski definition) is 0. The number of piperazine rings is 1. The highest BCUT2D eigenvalue weighted by atomic mass is 19.1. The van der Waals surface area contributed by atoms with Crippen LogP contribution >= 0.6 is 0 Å². The van der Waals surface area contributed by atoms with Gasteiger partial charge < -0.3 is 14.2 Å². The Labute approximate surface area is 212 Å². The Bertz CT molecular complexity index is 1160. The van der Waals surface area contributed by atoms with Gasteiger partial charge in [-0.25, -0.2) is 9.37 Å². The van der Waals surface area contributed by atoms with E-state index in [9.17, 15) is 4.39 Å². The smallest absolute Gasteiger partial charge is 0.213 e. The molecule has 36 heavy (non-hydrogen) atoms. The van der Waals surface area contributed by atoms with E-state index in [2.05, 4.69) is 32.0 Å². The molecule has 0 spiro atoms. The predicted molar refractivity (Wildman–Crippen MR) is 138 cm³/mol. The van der Waals surface area contributed by atoms with E-state index >= 15 is 0 Å². The maximum absolute atomic E-state index is 13.8. The molecule has 6 rings (SSSR count). The SMILES string of the molecule is Fc1ccc2onc(N3CCN4CC(COc5cccc(CN6CCCCCC6)n5)CC[C@H]4C3)c2c1. The van der Waals surface area contributed by atoms with Gasteiger partial charge in [0, 0.05) is 50.7 Å². The number of benzene rings is 1. The fraction of sp³-hybridized carbons (Fsp3) is 0.571. The van der Waals surface area contributed by atoms with Gasteiger partial charge in [0.1, 0.15) is 5.82 Å². The number of halogens is 1. The zero-order valence-corrected chi connectivity index (χ0v) is 20.9. The Kier molecular flexibility index (Phi) is 7.05. The second-order valence-corrected chi connectivity index (χ2v) is 10.7. The van der Waals surface area contributed by atoms with Crippen molar-refractivity contribution in [2.75, 3.05) is 50.8 Å². The molecule has 0 amide bonds. The van der Waals surface area contributed by atoms with Crippen LogP contribution < -0.4 is 9.64 Å². The Morgan fingerprint density at radius 2 is 1.86 bits per heavy atom. The lowest BCUT2D eigenvalue weighted by Crippen LogP contribution is -2.57. The molecule has 3 aromatic rings. The van der Waals surface area contributed by atoms with Crippen LogP contribution in [0.15, 0.2) is 40.9 Å². The zero-order chi connectivity index (χ0) is 24.3. The number of pyridine rings is 1. The number of aromatic nitrogens is 2. The van der Waals surface area contributed by atoms with Crippen LogP contribution in [0.2, 0.25) is 0 Å². The van der Waals surface area contributed by atoms with E-state index < -0.39 is 0 Å². The molecule has 0 radical (unpaired) electrons. The van der Waals surface area contributed by atoms with Crippen molar-refractivity contribution >= 4 is 16.8 Å². The topological polar surface area (TPSA) is 57.9 Å². The van der Waals surface area contributed by atoms with Gasteiger partial charge in [-0.15, -0.1) is 0 Å². The molecule has 1 aromatic carbocycles. The first-order valence-corrected chi connectivity index (χ1v) is 13.6.